The molecule has 0 spiro atoms. The predicted octanol–water partition coefficient (Wildman–Crippen LogP) is 1.49. The first-order chi connectivity index (χ1) is 5.68. The Bertz CT molecular complexity index is 161. The van der Waals surface area contributed by atoms with Crippen LogP contribution >= 0.6 is 11.6 Å². The van der Waals surface area contributed by atoms with E-state index in [0.717, 1.165) is 19.5 Å². The van der Waals surface area contributed by atoms with E-state index in [4.69, 9.17) is 11.6 Å². The van der Waals surface area contributed by atoms with Crippen LogP contribution in [0.1, 0.15) is 13.3 Å². The molecule has 0 aliphatic carbocycles. The van der Waals surface area contributed by atoms with Crippen LogP contribution < -0.4 is 5.32 Å². The molecule has 2 nitrogen and oxygen atoms in total. The Balaban J connectivity index is 3.25. The molecule has 12 heavy (non-hydrogen) atoms. The van der Waals surface area contributed by atoms with E-state index in [2.05, 4.69) is 5.32 Å². The van der Waals surface area contributed by atoms with Crippen molar-refractivity contribution >= 4 is 22.4 Å². The summed E-state index contributed by atoms with van der Waals surface area (Å²) in [5, 5.41) is 3.44. The molecule has 0 radical (unpaired) electrons. The largest absolute Gasteiger partial charge is 0.313 e. The zero-order valence-electron chi connectivity index (χ0n) is 7.55. The van der Waals surface area contributed by atoms with E-state index in [-0.39, 0.29) is 5.25 Å². The second-order valence-electron chi connectivity index (χ2n) is 2.66. The molecule has 0 heterocycles. The third-order valence-corrected chi connectivity index (χ3v) is 3.19. The summed E-state index contributed by atoms with van der Waals surface area (Å²) in [7, 11) is -0.702. The molecule has 1 N–H and O–H groups in total. The summed E-state index contributed by atoms with van der Waals surface area (Å²) < 4.78 is 10.9. The van der Waals surface area contributed by atoms with Crippen LogP contribution in [0.3, 0.4) is 0 Å². The lowest BCUT2D eigenvalue weighted by molar-refractivity contribution is 0.650. The summed E-state index contributed by atoms with van der Waals surface area (Å²) >= 11 is 5.32. The first kappa shape index (κ1) is 12.1. The first-order valence-electron chi connectivity index (χ1n) is 3.96. The van der Waals surface area contributed by atoms with E-state index in [1.54, 1.807) is 6.26 Å². The van der Waals surface area contributed by atoms with Gasteiger partial charge in [0.05, 0.1) is 0 Å². The van der Waals surface area contributed by atoms with Gasteiger partial charge in [0.15, 0.2) is 0 Å². The summed E-state index contributed by atoms with van der Waals surface area (Å²) in [6, 6.07) is 0. The van der Waals surface area contributed by atoms with Crippen molar-refractivity contribution in [2.75, 3.05) is 19.3 Å². The van der Waals surface area contributed by atoms with Gasteiger partial charge in [-0.2, -0.15) is 0 Å². The van der Waals surface area contributed by atoms with Crippen molar-refractivity contribution in [3.05, 3.63) is 11.6 Å². The summed E-state index contributed by atoms with van der Waals surface area (Å²) in [5.74, 6) is 0. The Morgan fingerprint density at radius 3 is 2.83 bits per heavy atom. The lowest BCUT2D eigenvalue weighted by Crippen LogP contribution is -2.21. The second-order valence-corrected chi connectivity index (χ2v) is 4.72. The highest BCUT2D eigenvalue weighted by molar-refractivity contribution is 7.84. The molecule has 0 bridgehead atoms. The number of nitrogens with one attached hydrogen (secondary N) is 1. The van der Waals surface area contributed by atoms with E-state index in [1.165, 1.54) is 5.54 Å². The topological polar surface area (TPSA) is 29.1 Å². The third-order valence-electron chi connectivity index (χ3n) is 1.65. The second kappa shape index (κ2) is 7.77. The van der Waals surface area contributed by atoms with Crippen molar-refractivity contribution in [1.29, 1.82) is 0 Å². The monoisotopic (exact) mass is 209 g/mol. The van der Waals surface area contributed by atoms with Crippen LogP contribution in [-0.2, 0) is 10.8 Å². The molecule has 0 aliphatic heterocycles. The van der Waals surface area contributed by atoms with Gasteiger partial charge in [0.25, 0.3) is 0 Å². The maximum atomic E-state index is 10.9. The van der Waals surface area contributed by atoms with Crippen LogP contribution in [0.15, 0.2) is 11.6 Å². The molecule has 0 aliphatic rings. The average molecular weight is 210 g/mol. The van der Waals surface area contributed by atoms with Gasteiger partial charge in [-0.05, 0) is 13.0 Å². The van der Waals surface area contributed by atoms with E-state index >= 15 is 0 Å². The maximum Gasteiger partial charge on any atom is 0.0329 e. The number of hydrogen-bond donors (Lipinski definition) is 1. The average Bonchev–Trinajstić information content (AvgIpc) is 2.03. The van der Waals surface area contributed by atoms with Gasteiger partial charge in [0.1, 0.15) is 0 Å². The fourth-order valence-electron chi connectivity index (χ4n) is 0.701. The van der Waals surface area contributed by atoms with Gasteiger partial charge in [-0.25, -0.2) is 0 Å². The molecule has 0 aromatic heterocycles. The molecular formula is C8H16ClNOS. The van der Waals surface area contributed by atoms with Gasteiger partial charge in [0.2, 0.25) is 0 Å². The van der Waals surface area contributed by atoms with Crippen LogP contribution in [0.5, 0.6) is 0 Å². The van der Waals surface area contributed by atoms with Gasteiger partial charge < -0.3 is 5.32 Å². The van der Waals surface area contributed by atoms with Crippen LogP contribution in [0.4, 0.5) is 0 Å². The van der Waals surface area contributed by atoms with E-state index in [9.17, 15) is 4.21 Å². The Morgan fingerprint density at radius 2 is 2.33 bits per heavy atom. The minimum absolute atomic E-state index is 0.275. The van der Waals surface area contributed by atoms with Gasteiger partial charge in [-0.15, -0.1) is 0 Å². The number of hydrogen-bond acceptors (Lipinski definition) is 2. The Labute approximate surface area is 81.8 Å². The lowest BCUT2D eigenvalue weighted by atomic mass is 10.3. The van der Waals surface area contributed by atoms with E-state index in [1.807, 2.05) is 13.0 Å². The zero-order valence-corrected chi connectivity index (χ0v) is 9.12. The zero-order chi connectivity index (χ0) is 9.40. The molecule has 0 saturated carbocycles. The van der Waals surface area contributed by atoms with Crippen LogP contribution in [-0.4, -0.2) is 28.8 Å². The fraction of sp³-hybridized carbons (Fsp3) is 0.750. The number of rotatable bonds is 6. The Hall–Kier alpha value is 0.140. The van der Waals surface area contributed by atoms with Crippen molar-refractivity contribution in [2.45, 2.75) is 18.6 Å². The molecule has 0 amide bonds. The normalized spacial score (nSPS) is 16.6. The van der Waals surface area contributed by atoms with Crippen LogP contribution in [0, 0.1) is 0 Å². The lowest BCUT2D eigenvalue weighted by Gasteiger charge is -2.07. The SMILES string of the molecule is CC(CCNC/C=C/Cl)S(C)=O. The summed E-state index contributed by atoms with van der Waals surface area (Å²) in [5.41, 5.74) is 1.49. The molecule has 2 unspecified atom stereocenters. The molecule has 0 rings (SSSR count). The van der Waals surface area contributed by atoms with Gasteiger partial charge >= 0.3 is 0 Å². The smallest absolute Gasteiger partial charge is 0.0329 e. The van der Waals surface area contributed by atoms with Gasteiger partial charge in [-0.1, -0.05) is 24.6 Å². The summed E-state index contributed by atoms with van der Waals surface area (Å²) in [6.07, 6.45) is 4.53. The summed E-state index contributed by atoms with van der Waals surface area (Å²) in [4.78, 5) is 0. The first-order valence-corrected chi connectivity index (χ1v) is 6.02. The molecule has 4 heteroatoms. The molecule has 0 aromatic rings. The van der Waals surface area contributed by atoms with E-state index < -0.39 is 10.8 Å². The maximum absolute atomic E-state index is 10.9. The van der Waals surface area contributed by atoms with Crippen molar-refractivity contribution in [3.63, 3.8) is 0 Å². The highest BCUT2D eigenvalue weighted by atomic mass is 35.5. The molecule has 72 valence electrons. The molecule has 0 saturated heterocycles. The van der Waals surface area contributed by atoms with Gasteiger partial charge in [-0.3, -0.25) is 4.21 Å². The minimum atomic E-state index is -0.702. The van der Waals surface area contributed by atoms with Crippen LogP contribution in [0.25, 0.3) is 0 Å². The fourth-order valence-corrected chi connectivity index (χ4v) is 1.24. The van der Waals surface area contributed by atoms with Crippen molar-refractivity contribution < 1.29 is 4.21 Å². The third kappa shape index (κ3) is 6.83. The number of halogens is 1. The standard InChI is InChI=1S/C8H16ClNOS/c1-8(12(2)11)4-7-10-6-3-5-9/h3,5,8,10H,4,6-7H2,1-2H3/b5-3+. The molecule has 0 aromatic carbocycles. The van der Waals surface area contributed by atoms with Crippen molar-refractivity contribution in [2.24, 2.45) is 0 Å². The Kier molecular flexibility index (Phi) is 7.86. The van der Waals surface area contributed by atoms with E-state index in [0.29, 0.717) is 0 Å². The van der Waals surface area contributed by atoms with Gasteiger partial charge in [0, 0.05) is 34.4 Å². The molecule has 2 atom stereocenters. The van der Waals surface area contributed by atoms with Crippen molar-refractivity contribution in [3.8, 4) is 0 Å². The van der Waals surface area contributed by atoms with Crippen LogP contribution in [0.2, 0.25) is 0 Å². The summed E-state index contributed by atoms with van der Waals surface area (Å²) in [6.45, 7) is 3.67. The minimum Gasteiger partial charge on any atom is -0.313 e. The Morgan fingerprint density at radius 1 is 1.67 bits per heavy atom. The predicted molar refractivity (Wildman–Crippen MR) is 56.0 cm³/mol. The quantitative estimate of drug-likeness (QED) is 0.672. The highest BCUT2D eigenvalue weighted by Crippen LogP contribution is 1.96. The van der Waals surface area contributed by atoms with Crippen molar-refractivity contribution in [1.82, 2.24) is 5.32 Å². The molecular weight excluding hydrogens is 194 g/mol. The highest BCUT2D eigenvalue weighted by Gasteiger charge is 2.03. The molecule has 0 fully saturated rings.